The van der Waals surface area contributed by atoms with Gasteiger partial charge >= 0.3 is 11.9 Å². The van der Waals surface area contributed by atoms with E-state index < -0.39 is 46.2 Å². The molecule has 0 unspecified atom stereocenters. The van der Waals surface area contributed by atoms with E-state index in [9.17, 15) is 22.8 Å². The van der Waals surface area contributed by atoms with Gasteiger partial charge in [-0.05, 0) is 12.1 Å². The van der Waals surface area contributed by atoms with Crippen molar-refractivity contribution in [2.45, 2.75) is 0 Å². The molecule has 0 aliphatic heterocycles. The molecule has 6 nitrogen and oxygen atoms in total. The van der Waals surface area contributed by atoms with Crippen LogP contribution in [0, 0.1) is 17.5 Å². The van der Waals surface area contributed by atoms with E-state index in [4.69, 9.17) is 10.2 Å². The van der Waals surface area contributed by atoms with Crippen molar-refractivity contribution < 1.29 is 33.0 Å². The third kappa shape index (κ3) is 2.09. The number of carboxylic acids is 2. The summed E-state index contributed by atoms with van der Waals surface area (Å²) in [7, 11) is 0. The number of nitrogens with zero attached hydrogens (tertiary/aromatic N) is 1. The fourth-order valence-corrected chi connectivity index (χ4v) is 1.55. The summed E-state index contributed by atoms with van der Waals surface area (Å²) in [6, 6.07) is 1.30. The molecule has 2 rings (SSSR count). The minimum absolute atomic E-state index is 0.366. The number of hydrogen-bond acceptors (Lipinski definition) is 3. The van der Waals surface area contributed by atoms with Gasteiger partial charge in [0.25, 0.3) is 0 Å². The lowest BCUT2D eigenvalue weighted by molar-refractivity contribution is 0.0676. The number of aromatic nitrogens is 2. The zero-order valence-corrected chi connectivity index (χ0v) is 9.45. The second-order valence-electron chi connectivity index (χ2n) is 3.69. The van der Waals surface area contributed by atoms with E-state index in [0.717, 1.165) is 6.07 Å². The molecule has 1 aromatic heterocycles. The lowest BCUT2D eigenvalue weighted by Crippen LogP contribution is -2.08. The Hall–Kier alpha value is -2.84. The molecule has 0 amide bonds. The molecule has 0 bridgehead atoms. The van der Waals surface area contributed by atoms with Gasteiger partial charge in [0, 0.05) is 5.56 Å². The topological polar surface area (TPSA) is 103 Å². The van der Waals surface area contributed by atoms with Crippen molar-refractivity contribution in [1.29, 1.82) is 0 Å². The first-order chi connectivity index (χ1) is 9.32. The number of aromatic carboxylic acids is 2. The summed E-state index contributed by atoms with van der Waals surface area (Å²) in [4.78, 5) is 21.2. The quantitative estimate of drug-likeness (QED) is 0.747. The Bertz CT molecular complexity index is 727. The predicted octanol–water partition coefficient (Wildman–Crippen LogP) is 1.89. The number of hydrogen-bond donors (Lipinski definition) is 3. The number of benzene rings is 1. The Kier molecular flexibility index (Phi) is 3.18. The number of H-pyrrole nitrogens is 1. The minimum Gasteiger partial charge on any atom is -0.477 e. The van der Waals surface area contributed by atoms with E-state index in [1.54, 1.807) is 0 Å². The van der Waals surface area contributed by atoms with E-state index in [0.29, 0.717) is 6.07 Å². The molecule has 0 radical (unpaired) electrons. The molecule has 0 aliphatic rings. The second kappa shape index (κ2) is 4.68. The van der Waals surface area contributed by atoms with E-state index in [-0.39, 0.29) is 5.69 Å². The van der Waals surface area contributed by atoms with E-state index >= 15 is 0 Å². The van der Waals surface area contributed by atoms with Gasteiger partial charge in [-0.25, -0.2) is 22.8 Å². The number of halogens is 3. The van der Waals surface area contributed by atoms with Crippen molar-refractivity contribution in [2.75, 3.05) is 0 Å². The van der Waals surface area contributed by atoms with Gasteiger partial charge in [0.1, 0.15) is 17.1 Å². The average molecular weight is 286 g/mol. The van der Waals surface area contributed by atoms with Crippen LogP contribution in [0.1, 0.15) is 20.8 Å². The molecule has 1 aromatic carbocycles. The summed E-state index contributed by atoms with van der Waals surface area (Å²) in [5, 5.41) is 22.6. The fourth-order valence-electron chi connectivity index (χ4n) is 1.55. The Morgan fingerprint density at radius 3 is 2.20 bits per heavy atom. The number of carboxylic acid groups (broad SMARTS) is 2. The molecule has 9 heteroatoms. The van der Waals surface area contributed by atoms with Crippen molar-refractivity contribution in [3.63, 3.8) is 0 Å². The first kappa shape index (κ1) is 13.6. The normalized spacial score (nSPS) is 10.6. The summed E-state index contributed by atoms with van der Waals surface area (Å²) in [5.41, 5.74) is -2.90. The van der Waals surface area contributed by atoms with Gasteiger partial charge in [-0.15, -0.1) is 0 Å². The molecule has 3 N–H and O–H groups in total. The van der Waals surface area contributed by atoms with Gasteiger partial charge in [0.05, 0.1) is 5.69 Å². The first-order valence-corrected chi connectivity index (χ1v) is 5.02. The molecule has 0 saturated carbocycles. The third-order valence-corrected chi connectivity index (χ3v) is 2.46. The van der Waals surface area contributed by atoms with Gasteiger partial charge in [0.2, 0.25) is 0 Å². The van der Waals surface area contributed by atoms with Crippen LogP contribution in [0.2, 0.25) is 0 Å². The van der Waals surface area contributed by atoms with Gasteiger partial charge in [0.15, 0.2) is 11.6 Å². The molecular formula is C11H5F3N2O4. The highest BCUT2D eigenvalue weighted by molar-refractivity contribution is 5.90. The van der Waals surface area contributed by atoms with Crippen molar-refractivity contribution >= 4 is 11.9 Å². The number of nitrogens with one attached hydrogen (secondary N) is 1. The Morgan fingerprint density at radius 1 is 1.05 bits per heavy atom. The molecule has 20 heavy (non-hydrogen) atoms. The van der Waals surface area contributed by atoms with Gasteiger partial charge < -0.3 is 10.2 Å². The fraction of sp³-hybridized carbons (Fsp3) is 0. The molecule has 0 aliphatic carbocycles. The summed E-state index contributed by atoms with van der Waals surface area (Å²) in [6.07, 6.45) is 0. The number of aromatic amines is 1. The highest BCUT2D eigenvalue weighted by atomic mass is 19.2. The molecule has 104 valence electrons. The maximum absolute atomic E-state index is 13.7. The summed E-state index contributed by atoms with van der Waals surface area (Å²) >= 11 is 0. The summed E-state index contributed by atoms with van der Waals surface area (Å²) < 4.78 is 40.6. The van der Waals surface area contributed by atoms with Crippen molar-refractivity contribution in [1.82, 2.24) is 10.2 Å². The molecular weight excluding hydrogens is 281 g/mol. The Balaban J connectivity index is 2.63. The SMILES string of the molecule is O=C(O)c1cc(-c2cc(F)c(C(=O)O)c(F)c2F)n[nH]1. The minimum atomic E-state index is -1.96. The zero-order chi connectivity index (χ0) is 15.0. The predicted molar refractivity (Wildman–Crippen MR) is 57.8 cm³/mol. The monoisotopic (exact) mass is 286 g/mol. The van der Waals surface area contributed by atoms with Crippen LogP contribution in [0.4, 0.5) is 13.2 Å². The lowest BCUT2D eigenvalue weighted by Gasteiger charge is -2.05. The Morgan fingerprint density at radius 2 is 1.70 bits per heavy atom. The highest BCUT2D eigenvalue weighted by Crippen LogP contribution is 2.27. The highest BCUT2D eigenvalue weighted by Gasteiger charge is 2.25. The number of rotatable bonds is 3. The van der Waals surface area contributed by atoms with E-state index in [1.807, 2.05) is 5.10 Å². The molecule has 0 atom stereocenters. The van der Waals surface area contributed by atoms with Crippen LogP contribution >= 0.6 is 0 Å². The van der Waals surface area contributed by atoms with Crippen molar-refractivity contribution in [2.24, 2.45) is 0 Å². The zero-order valence-electron chi connectivity index (χ0n) is 9.45. The van der Waals surface area contributed by atoms with Crippen LogP contribution in [0.5, 0.6) is 0 Å². The van der Waals surface area contributed by atoms with Gasteiger partial charge in [-0.3, -0.25) is 5.10 Å². The number of carbonyl (C=O) groups is 2. The first-order valence-electron chi connectivity index (χ1n) is 5.02. The lowest BCUT2D eigenvalue weighted by atomic mass is 10.1. The van der Waals surface area contributed by atoms with Gasteiger partial charge in [-0.2, -0.15) is 5.10 Å². The summed E-state index contributed by atoms with van der Waals surface area (Å²) in [6.45, 7) is 0. The maximum Gasteiger partial charge on any atom is 0.353 e. The van der Waals surface area contributed by atoms with E-state index in [1.165, 1.54) is 0 Å². The van der Waals surface area contributed by atoms with Crippen LogP contribution in [0.25, 0.3) is 11.3 Å². The van der Waals surface area contributed by atoms with Gasteiger partial charge in [-0.1, -0.05) is 0 Å². The van der Waals surface area contributed by atoms with Crippen LogP contribution in [0.15, 0.2) is 12.1 Å². The van der Waals surface area contributed by atoms with Crippen LogP contribution in [0.3, 0.4) is 0 Å². The summed E-state index contributed by atoms with van der Waals surface area (Å²) in [5.74, 6) is -8.36. The van der Waals surface area contributed by atoms with Crippen LogP contribution in [-0.2, 0) is 0 Å². The largest absolute Gasteiger partial charge is 0.477 e. The average Bonchev–Trinajstić information content (AvgIpc) is 2.82. The molecule has 1 heterocycles. The van der Waals surface area contributed by atoms with E-state index in [2.05, 4.69) is 5.10 Å². The molecule has 2 aromatic rings. The third-order valence-electron chi connectivity index (χ3n) is 2.46. The maximum atomic E-state index is 13.7. The van der Waals surface area contributed by atoms with Crippen LogP contribution in [-0.4, -0.2) is 32.3 Å². The Labute approximate surface area is 108 Å². The molecule has 0 fully saturated rings. The van der Waals surface area contributed by atoms with Crippen LogP contribution < -0.4 is 0 Å². The second-order valence-corrected chi connectivity index (χ2v) is 3.69. The molecule has 0 saturated heterocycles. The van der Waals surface area contributed by atoms with Crippen molar-refractivity contribution in [3.8, 4) is 11.3 Å². The standard InChI is InChI=1S/C11H5F3N2O4/c12-4-1-3(5-2-6(10(17)18)16-15-5)8(13)9(14)7(4)11(19)20/h1-2H,(H,15,16)(H,17,18)(H,19,20). The smallest absolute Gasteiger partial charge is 0.353 e. The van der Waals surface area contributed by atoms with Crippen molar-refractivity contribution in [3.05, 3.63) is 40.8 Å². The molecule has 0 spiro atoms.